The summed E-state index contributed by atoms with van der Waals surface area (Å²) in [5.74, 6) is 5.32. The Labute approximate surface area is 74.9 Å². The maximum absolute atomic E-state index is 5.32. The molecule has 2 nitrogen and oxygen atoms in total. The zero-order chi connectivity index (χ0) is 8.27. The van der Waals surface area contributed by atoms with Crippen molar-refractivity contribution in [2.75, 3.05) is 5.43 Å². The number of benzene rings is 1. The van der Waals surface area contributed by atoms with Crippen molar-refractivity contribution in [2.45, 2.75) is 13.3 Å². The number of hydrogen-bond donors (Lipinski definition) is 2. The van der Waals surface area contributed by atoms with Crippen LogP contribution < -0.4 is 11.3 Å². The summed E-state index contributed by atoms with van der Waals surface area (Å²) >= 11 is 3.37. The summed E-state index contributed by atoms with van der Waals surface area (Å²) in [5.41, 5.74) is 4.88. The molecule has 3 N–H and O–H groups in total. The summed E-state index contributed by atoms with van der Waals surface area (Å²) in [6.07, 6.45) is 0.993. The molecule has 0 spiro atoms. The zero-order valence-corrected chi connectivity index (χ0v) is 7.98. The fourth-order valence-electron chi connectivity index (χ4n) is 0.991. The van der Waals surface area contributed by atoms with Crippen LogP contribution in [0.3, 0.4) is 0 Å². The number of hydrogen-bond acceptors (Lipinski definition) is 2. The van der Waals surface area contributed by atoms with Crippen LogP contribution in [0.15, 0.2) is 22.7 Å². The molecule has 0 atom stereocenters. The summed E-state index contributed by atoms with van der Waals surface area (Å²) in [7, 11) is 0. The molecular formula is C8H11BrN2. The molecule has 0 bridgehead atoms. The standard InChI is InChI=1S/C8H11BrN2/c1-2-6-3-4-7(9)5-8(6)11-10/h3-5,11H,2,10H2,1H3. The smallest absolute Gasteiger partial charge is 0.0528 e. The molecule has 0 aliphatic heterocycles. The van der Waals surface area contributed by atoms with Gasteiger partial charge in [-0.3, -0.25) is 5.84 Å². The first-order chi connectivity index (χ1) is 5.27. The van der Waals surface area contributed by atoms with Gasteiger partial charge in [0.1, 0.15) is 0 Å². The van der Waals surface area contributed by atoms with Gasteiger partial charge < -0.3 is 5.43 Å². The number of nitrogens with one attached hydrogen (secondary N) is 1. The van der Waals surface area contributed by atoms with Gasteiger partial charge in [-0.2, -0.15) is 0 Å². The van der Waals surface area contributed by atoms with Crippen molar-refractivity contribution in [2.24, 2.45) is 5.84 Å². The van der Waals surface area contributed by atoms with Gasteiger partial charge in [0.2, 0.25) is 0 Å². The molecule has 60 valence electrons. The van der Waals surface area contributed by atoms with Crippen molar-refractivity contribution in [1.82, 2.24) is 0 Å². The summed E-state index contributed by atoms with van der Waals surface area (Å²) in [4.78, 5) is 0. The number of aryl methyl sites for hydroxylation is 1. The molecule has 0 unspecified atom stereocenters. The lowest BCUT2D eigenvalue weighted by atomic mass is 10.1. The van der Waals surface area contributed by atoms with Crippen LogP contribution in [0.25, 0.3) is 0 Å². The van der Waals surface area contributed by atoms with Crippen LogP contribution in [0.2, 0.25) is 0 Å². The van der Waals surface area contributed by atoms with Gasteiger partial charge in [-0.1, -0.05) is 28.9 Å². The van der Waals surface area contributed by atoms with Crippen molar-refractivity contribution in [3.63, 3.8) is 0 Å². The quantitative estimate of drug-likeness (QED) is 0.586. The van der Waals surface area contributed by atoms with E-state index < -0.39 is 0 Å². The summed E-state index contributed by atoms with van der Waals surface area (Å²) in [6.45, 7) is 2.10. The maximum atomic E-state index is 5.32. The molecule has 1 aromatic carbocycles. The molecule has 1 aromatic rings. The van der Waals surface area contributed by atoms with E-state index in [4.69, 9.17) is 5.84 Å². The monoisotopic (exact) mass is 214 g/mol. The molecule has 11 heavy (non-hydrogen) atoms. The summed E-state index contributed by atoms with van der Waals surface area (Å²) < 4.78 is 1.04. The molecule has 0 heterocycles. The van der Waals surface area contributed by atoms with Gasteiger partial charge in [0.05, 0.1) is 5.69 Å². The van der Waals surface area contributed by atoms with Crippen LogP contribution in [0, 0.1) is 0 Å². The Kier molecular flexibility index (Phi) is 2.91. The van der Waals surface area contributed by atoms with Gasteiger partial charge in [0, 0.05) is 4.47 Å². The van der Waals surface area contributed by atoms with Crippen LogP contribution in [-0.4, -0.2) is 0 Å². The van der Waals surface area contributed by atoms with Crippen molar-refractivity contribution in [1.29, 1.82) is 0 Å². The number of halogens is 1. The Bertz CT molecular complexity index is 248. The SMILES string of the molecule is CCc1ccc(Br)cc1NN. The van der Waals surface area contributed by atoms with E-state index in [0.29, 0.717) is 0 Å². The minimum Gasteiger partial charge on any atom is -0.324 e. The van der Waals surface area contributed by atoms with E-state index in [9.17, 15) is 0 Å². The second-order valence-corrected chi connectivity index (χ2v) is 3.22. The van der Waals surface area contributed by atoms with Crippen molar-refractivity contribution < 1.29 is 0 Å². The first-order valence-corrected chi connectivity index (χ1v) is 4.32. The predicted molar refractivity (Wildman–Crippen MR) is 51.3 cm³/mol. The Morgan fingerprint density at radius 2 is 2.27 bits per heavy atom. The van der Waals surface area contributed by atoms with Gasteiger partial charge in [-0.05, 0) is 24.1 Å². The highest BCUT2D eigenvalue weighted by Crippen LogP contribution is 2.20. The number of nitrogens with two attached hydrogens (primary N) is 1. The third-order valence-electron chi connectivity index (χ3n) is 1.61. The van der Waals surface area contributed by atoms with Crippen molar-refractivity contribution in [3.05, 3.63) is 28.2 Å². The zero-order valence-electron chi connectivity index (χ0n) is 6.39. The van der Waals surface area contributed by atoms with E-state index in [-0.39, 0.29) is 0 Å². The highest BCUT2D eigenvalue weighted by atomic mass is 79.9. The van der Waals surface area contributed by atoms with E-state index in [0.717, 1.165) is 16.6 Å². The van der Waals surface area contributed by atoms with Gasteiger partial charge >= 0.3 is 0 Å². The van der Waals surface area contributed by atoms with Gasteiger partial charge in [-0.15, -0.1) is 0 Å². The van der Waals surface area contributed by atoms with Gasteiger partial charge in [-0.25, -0.2) is 0 Å². The fourth-order valence-corrected chi connectivity index (χ4v) is 1.35. The molecular weight excluding hydrogens is 204 g/mol. The Hall–Kier alpha value is -0.540. The third kappa shape index (κ3) is 1.94. The van der Waals surface area contributed by atoms with Crippen molar-refractivity contribution >= 4 is 21.6 Å². The van der Waals surface area contributed by atoms with Crippen molar-refractivity contribution in [3.8, 4) is 0 Å². The molecule has 0 fully saturated rings. The molecule has 3 heteroatoms. The molecule has 0 amide bonds. The molecule has 0 radical (unpaired) electrons. The lowest BCUT2D eigenvalue weighted by molar-refractivity contribution is 1.13. The Balaban J connectivity index is 3.06. The average Bonchev–Trinajstić information content (AvgIpc) is 2.04. The highest BCUT2D eigenvalue weighted by molar-refractivity contribution is 9.10. The van der Waals surface area contributed by atoms with E-state index in [1.807, 2.05) is 12.1 Å². The lowest BCUT2D eigenvalue weighted by Crippen LogP contribution is -2.08. The molecule has 0 aromatic heterocycles. The molecule has 0 aliphatic carbocycles. The van der Waals surface area contributed by atoms with Gasteiger partial charge in [0.25, 0.3) is 0 Å². The minimum absolute atomic E-state index is 0.988. The van der Waals surface area contributed by atoms with Crippen LogP contribution in [-0.2, 0) is 6.42 Å². The molecule has 1 rings (SSSR count). The Morgan fingerprint density at radius 3 is 2.82 bits per heavy atom. The largest absolute Gasteiger partial charge is 0.324 e. The average molecular weight is 215 g/mol. The maximum Gasteiger partial charge on any atom is 0.0528 e. The van der Waals surface area contributed by atoms with Crippen LogP contribution in [0.5, 0.6) is 0 Å². The second-order valence-electron chi connectivity index (χ2n) is 2.30. The Morgan fingerprint density at radius 1 is 1.55 bits per heavy atom. The fraction of sp³-hybridized carbons (Fsp3) is 0.250. The number of anilines is 1. The highest BCUT2D eigenvalue weighted by Gasteiger charge is 1.97. The first-order valence-electron chi connectivity index (χ1n) is 3.53. The summed E-state index contributed by atoms with van der Waals surface area (Å²) in [6, 6.07) is 6.04. The molecule has 0 saturated carbocycles. The number of rotatable bonds is 2. The number of nitrogen functional groups attached to an aromatic ring is 1. The predicted octanol–water partition coefficient (Wildman–Crippen LogP) is 2.30. The molecule has 0 aliphatic rings. The normalized spacial score (nSPS) is 9.73. The minimum atomic E-state index is 0.988. The summed E-state index contributed by atoms with van der Waals surface area (Å²) in [5, 5.41) is 0. The molecule has 0 saturated heterocycles. The van der Waals surface area contributed by atoms with E-state index in [1.54, 1.807) is 0 Å². The van der Waals surface area contributed by atoms with Crippen LogP contribution in [0.1, 0.15) is 12.5 Å². The van der Waals surface area contributed by atoms with E-state index >= 15 is 0 Å². The number of hydrazine groups is 1. The van der Waals surface area contributed by atoms with Gasteiger partial charge in [0.15, 0.2) is 0 Å². The third-order valence-corrected chi connectivity index (χ3v) is 2.10. The van der Waals surface area contributed by atoms with E-state index in [2.05, 4.69) is 34.3 Å². The first kappa shape index (κ1) is 8.56. The van der Waals surface area contributed by atoms with Crippen LogP contribution >= 0.6 is 15.9 Å². The second kappa shape index (κ2) is 3.74. The van der Waals surface area contributed by atoms with E-state index in [1.165, 1.54) is 5.56 Å². The lowest BCUT2D eigenvalue weighted by Gasteiger charge is -2.06. The van der Waals surface area contributed by atoms with Crippen LogP contribution in [0.4, 0.5) is 5.69 Å². The topological polar surface area (TPSA) is 38.0 Å².